The van der Waals surface area contributed by atoms with Crippen molar-refractivity contribution in [3.8, 4) is 0 Å². The Hall–Kier alpha value is 0.210. The molecule has 47 valence electrons. The van der Waals surface area contributed by atoms with Gasteiger partial charge in [0.15, 0.2) is 0 Å². The van der Waals surface area contributed by atoms with Gasteiger partial charge in [-0.05, 0) is 18.8 Å². The Kier molecular flexibility index (Phi) is 2.11. The molecule has 0 atom stereocenters. The molecule has 0 N–H and O–H groups in total. The van der Waals surface area contributed by atoms with Crippen LogP contribution in [-0.4, -0.2) is 11.5 Å². The quantitative estimate of drug-likeness (QED) is 0.575. The van der Waals surface area contributed by atoms with E-state index in [4.69, 9.17) is 0 Å². The van der Waals surface area contributed by atoms with Crippen LogP contribution in [0.25, 0.3) is 0 Å². The van der Waals surface area contributed by atoms with Gasteiger partial charge in [-0.25, -0.2) is 0 Å². The van der Waals surface area contributed by atoms with Crippen LogP contribution in [0.5, 0.6) is 0 Å². The molecule has 0 bridgehead atoms. The molecule has 1 radical (unpaired) electrons. The number of rotatable bonds is 3. The largest absolute Gasteiger partial charge is 0.284 e. The fourth-order valence-electron chi connectivity index (χ4n) is 0.414. The van der Waals surface area contributed by atoms with Crippen molar-refractivity contribution in [1.82, 2.24) is 0 Å². The highest BCUT2D eigenvalue weighted by Gasteiger charge is 2.23. The molecule has 0 spiro atoms. The highest BCUT2D eigenvalue weighted by atomic mass is 32.2. The Morgan fingerprint density at radius 2 is 2.12 bits per heavy atom. The van der Waals surface area contributed by atoms with Crippen LogP contribution in [0, 0.1) is 5.92 Å². The minimum Gasteiger partial charge on any atom is -0.198 e. The Balaban J connectivity index is 1.87. The van der Waals surface area contributed by atoms with Gasteiger partial charge in [0.2, 0.25) is 0 Å². The van der Waals surface area contributed by atoms with Crippen molar-refractivity contribution in [2.24, 2.45) is 0 Å². The van der Waals surface area contributed by atoms with E-state index in [1.807, 2.05) is 0 Å². The van der Waals surface area contributed by atoms with Crippen LogP contribution >= 0.6 is 11.8 Å². The molecule has 0 aromatic rings. The molecule has 0 aromatic carbocycles. The van der Waals surface area contributed by atoms with Crippen molar-refractivity contribution in [3.63, 3.8) is 0 Å². The van der Waals surface area contributed by atoms with Crippen LogP contribution in [0.3, 0.4) is 0 Å². The first-order valence-corrected chi connectivity index (χ1v) is 3.57. The van der Waals surface area contributed by atoms with Gasteiger partial charge in [0, 0.05) is 5.75 Å². The predicted octanol–water partition coefficient (Wildman–Crippen LogP) is 2.31. The highest BCUT2D eigenvalue weighted by Crippen LogP contribution is 2.36. The topological polar surface area (TPSA) is 0 Å². The molecule has 1 aliphatic carbocycles. The van der Waals surface area contributed by atoms with Crippen molar-refractivity contribution in [2.75, 3.05) is 5.75 Å². The zero-order valence-electron chi connectivity index (χ0n) is 4.36. The average molecular weight is 137 g/mol. The van der Waals surface area contributed by atoms with Gasteiger partial charge in [0.1, 0.15) is 0 Å². The van der Waals surface area contributed by atoms with Crippen LogP contribution in [0.2, 0.25) is 0 Å². The summed E-state index contributed by atoms with van der Waals surface area (Å²) in [6, 6.07) is 0. The van der Waals surface area contributed by atoms with Gasteiger partial charge < -0.3 is 0 Å². The smallest absolute Gasteiger partial charge is 0.198 e. The molecule has 3 heteroatoms. The molecule has 1 aliphatic rings. The molecule has 0 saturated heterocycles. The third-order valence-electron chi connectivity index (χ3n) is 1.02. The van der Waals surface area contributed by atoms with Gasteiger partial charge in [-0.3, -0.25) is 0 Å². The van der Waals surface area contributed by atoms with Crippen molar-refractivity contribution >= 4 is 11.8 Å². The van der Waals surface area contributed by atoms with Gasteiger partial charge in [0.05, 0.1) is 0 Å². The van der Waals surface area contributed by atoms with Gasteiger partial charge in [-0.1, -0.05) is 11.8 Å². The third kappa shape index (κ3) is 2.50. The fourth-order valence-corrected chi connectivity index (χ4v) is 1.06. The van der Waals surface area contributed by atoms with Crippen molar-refractivity contribution in [1.29, 1.82) is 0 Å². The minimum atomic E-state index is -2.18. The van der Waals surface area contributed by atoms with Crippen molar-refractivity contribution < 1.29 is 8.78 Å². The van der Waals surface area contributed by atoms with Crippen LogP contribution < -0.4 is 0 Å². The van der Waals surface area contributed by atoms with Crippen LogP contribution in [-0.2, 0) is 0 Å². The Bertz CT molecular complexity index is 68.8. The Morgan fingerprint density at radius 3 is 2.50 bits per heavy atom. The van der Waals surface area contributed by atoms with E-state index in [9.17, 15) is 8.78 Å². The monoisotopic (exact) mass is 137 g/mol. The van der Waals surface area contributed by atoms with Crippen LogP contribution in [0.4, 0.5) is 8.78 Å². The summed E-state index contributed by atoms with van der Waals surface area (Å²) in [4.78, 5) is 0. The molecule has 0 aromatic heterocycles. The maximum atomic E-state index is 11.4. The van der Waals surface area contributed by atoms with Gasteiger partial charge in [-0.15, -0.1) is 0 Å². The first kappa shape index (κ1) is 6.33. The molecule has 1 rings (SSSR count). The molecular formula is C5H7F2S. The molecule has 0 heterocycles. The van der Waals surface area contributed by atoms with Gasteiger partial charge in [0.25, 0.3) is 5.76 Å². The maximum Gasteiger partial charge on any atom is 0.284 e. The van der Waals surface area contributed by atoms with E-state index in [-0.39, 0.29) is 0 Å². The summed E-state index contributed by atoms with van der Waals surface area (Å²) >= 11 is 0.731. The molecule has 1 saturated carbocycles. The lowest BCUT2D eigenvalue weighted by Gasteiger charge is -1.93. The average Bonchev–Trinajstić information content (AvgIpc) is 2.41. The molecule has 0 amide bonds. The lowest BCUT2D eigenvalue weighted by atomic mass is 10.5. The standard InChI is InChI=1S/C5H7F2S/c6-5(7)8-3-4-1-2-4/h5H,1-3H2. The van der Waals surface area contributed by atoms with Gasteiger partial charge >= 0.3 is 0 Å². The first-order chi connectivity index (χ1) is 3.79. The first-order valence-electron chi connectivity index (χ1n) is 2.52. The number of hydrogen-bond acceptors (Lipinski definition) is 1. The van der Waals surface area contributed by atoms with E-state index >= 15 is 0 Å². The number of hydrogen-bond donors (Lipinski definition) is 0. The second kappa shape index (κ2) is 2.67. The van der Waals surface area contributed by atoms with Crippen molar-refractivity contribution in [2.45, 2.75) is 18.6 Å². The summed E-state index contributed by atoms with van der Waals surface area (Å²) in [5.74, 6) is -0.309. The van der Waals surface area contributed by atoms with E-state index < -0.39 is 5.76 Å². The third-order valence-corrected chi connectivity index (χ3v) is 1.84. The lowest BCUT2D eigenvalue weighted by Crippen LogP contribution is -1.85. The molecule has 1 fully saturated rings. The number of halogens is 2. The van der Waals surface area contributed by atoms with Crippen LogP contribution in [0.15, 0.2) is 0 Å². The predicted molar refractivity (Wildman–Crippen MR) is 30.9 cm³/mol. The summed E-state index contributed by atoms with van der Waals surface area (Å²) in [5.41, 5.74) is 0. The van der Waals surface area contributed by atoms with E-state index in [1.165, 1.54) is 5.92 Å². The molecule has 0 aliphatic heterocycles. The molecule has 0 nitrogen and oxygen atoms in total. The van der Waals surface area contributed by atoms with E-state index in [2.05, 4.69) is 0 Å². The zero-order chi connectivity index (χ0) is 5.98. The Morgan fingerprint density at radius 1 is 1.50 bits per heavy atom. The summed E-state index contributed by atoms with van der Waals surface area (Å²) < 4.78 is 22.7. The van der Waals surface area contributed by atoms with Crippen LogP contribution in [0.1, 0.15) is 12.8 Å². The van der Waals surface area contributed by atoms with Gasteiger partial charge in [-0.2, -0.15) is 8.78 Å². The number of thioether (sulfide) groups is 1. The summed E-state index contributed by atoms with van der Waals surface area (Å²) in [6.45, 7) is 0. The molecular weight excluding hydrogens is 130 g/mol. The Labute approximate surface area is 51.6 Å². The summed E-state index contributed by atoms with van der Waals surface area (Å²) in [6.07, 6.45) is 2.17. The van der Waals surface area contributed by atoms with E-state index in [0.717, 1.165) is 24.6 Å². The summed E-state index contributed by atoms with van der Waals surface area (Å²) in [5, 5.41) is 0. The summed E-state index contributed by atoms with van der Waals surface area (Å²) in [7, 11) is 0. The maximum absolute atomic E-state index is 11.4. The second-order valence-corrected chi connectivity index (χ2v) is 2.80. The number of alkyl halides is 2. The fraction of sp³-hybridized carbons (Fsp3) is 0.800. The normalized spacial score (nSPS) is 19.9. The minimum absolute atomic E-state index is 0.581. The SMILES string of the molecule is FC(F)SC[C]1CC1. The van der Waals surface area contributed by atoms with Crippen molar-refractivity contribution in [3.05, 3.63) is 5.92 Å². The molecule has 8 heavy (non-hydrogen) atoms. The zero-order valence-corrected chi connectivity index (χ0v) is 5.18. The molecule has 0 unspecified atom stereocenters. The highest BCUT2D eigenvalue weighted by molar-refractivity contribution is 7.99. The van der Waals surface area contributed by atoms with E-state index in [0.29, 0.717) is 5.75 Å². The lowest BCUT2D eigenvalue weighted by molar-refractivity contribution is 0.252. The van der Waals surface area contributed by atoms with E-state index in [1.54, 1.807) is 0 Å². The second-order valence-electron chi connectivity index (χ2n) is 1.82.